The molecule has 2 aromatic carbocycles. The second-order valence-corrected chi connectivity index (χ2v) is 6.68. The van der Waals surface area contributed by atoms with E-state index in [2.05, 4.69) is 15.9 Å². The molecule has 100 valence electrons. The molecular weight excluding hydrogens is 367 g/mol. The van der Waals surface area contributed by atoms with E-state index >= 15 is 0 Å². The molecule has 2 rings (SSSR count). The summed E-state index contributed by atoms with van der Waals surface area (Å²) in [6.45, 7) is 0. The van der Waals surface area contributed by atoms with Gasteiger partial charge in [-0.1, -0.05) is 35.3 Å². The number of thioether (sulfide) groups is 1. The molecule has 0 spiro atoms. The van der Waals surface area contributed by atoms with Gasteiger partial charge in [0, 0.05) is 30.7 Å². The van der Waals surface area contributed by atoms with E-state index in [0.29, 0.717) is 21.4 Å². The minimum Gasteiger partial charge on any atom is -0.387 e. The van der Waals surface area contributed by atoms with E-state index in [4.69, 9.17) is 23.2 Å². The van der Waals surface area contributed by atoms with Gasteiger partial charge in [-0.25, -0.2) is 0 Å². The van der Waals surface area contributed by atoms with Crippen molar-refractivity contribution in [2.45, 2.75) is 11.0 Å². The third-order valence-electron chi connectivity index (χ3n) is 2.55. The van der Waals surface area contributed by atoms with Crippen molar-refractivity contribution in [1.29, 1.82) is 0 Å². The monoisotopic (exact) mass is 376 g/mol. The van der Waals surface area contributed by atoms with Crippen LogP contribution in [0.1, 0.15) is 11.7 Å². The summed E-state index contributed by atoms with van der Waals surface area (Å²) in [6, 6.07) is 13.0. The summed E-state index contributed by atoms with van der Waals surface area (Å²) in [5.41, 5.74) is 0.661. The number of aliphatic hydroxyl groups excluding tert-OH is 1. The Morgan fingerprint density at radius 2 is 1.89 bits per heavy atom. The predicted octanol–water partition coefficient (Wildman–Crippen LogP) is 5.58. The van der Waals surface area contributed by atoms with E-state index in [0.717, 1.165) is 9.37 Å². The van der Waals surface area contributed by atoms with E-state index in [1.807, 2.05) is 24.3 Å². The first-order chi connectivity index (χ1) is 9.08. The van der Waals surface area contributed by atoms with Crippen LogP contribution in [0.15, 0.2) is 51.8 Å². The fourth-order valence-electron chi connectivity index (χ4n) is 1.59. The van der Waals surface area contributed by atoms with Crippen LogP contribution in [0.25, 0.3) is 0 Å². The van der Waals surface area contributed by atoms with Crippen LogP contribution in [0.3, 0.4) is 0 Å². The molecule has 1 N–H and O–H groups in total. The first-order valence-corrected chi connectivity index (χ1v) is 8.11. The largest absolute Gasteiger partial charge is 0.387 e. The SMILES string of the molecule is OC(CSc1ccccc1Br)c1cc(Cl)ccc1Cl. The highest BCUT2D eigenvalue weighted by atomic mass is 79.9. The molecule has 0 fully saturated rings. The van der Waals surface area contributed by atoms with Gasteiger partial charge in [0.1, 0.15) is 0 Å². The molecule has 0 saturated heterocycles. The van der Waals surface area contributed by atoms with Gasteiger partial charge >= 0.3 is 0 Å². The molecular formula is C14H11BrCl2OS. The Morgan fingerprint density at radius 1 is 1.16 bits per heavy atom. The zero-order chi connectivity index (χ0) is 13.8. The van der Waals surface area contributed by atoms with Crippen molar-refractivity contribution < 1.29 is 5.11 Å². The molecule has 5 heteroatoms. The maximum Gasteiger partial charge on any atom is 0.0898 e. The van der Waals surface area contributed by atoms with Gasteiger partial charge in [0.25, 0.3) is 0 Å². The molecule has 0 aliphatic heterocycles. The first kappa shape index (κ1) is 15.2. The van der Waals surface area contributed by atoms with E-state index in [1.165, 1.54) is 0 Å². The highest BCUT2D eigenvalue weighted by Crippen LogP contribution is 2.33. The van der Waals surface area contributed by atoms with Crippen LogP contribution in [-0.4, -0.2) is 10.9 Å². The summed E-state index contributed by atoms with van der Waals surface area (Å²) in [5.74, 6) is 0.517. The van der Waals surface area contributed by atoms with Gasteiger partial charge in [-0.05, 0) is 46.3 Å². The summed E-state index contributed by atoms with van der Waals surface area (Å²) < 4.78 is 1.02. The number of hydrogen-bond donors (Lipinski definition) is 1. The van der Waals surface area contributed by atoms with Crippen molar-refractivity contribution in [3.63, 3.8) is 0 Å². The van der Waals surface area contributed by atoms with Gasteiger partial charge in [0.05, 0.1) is 6.10 Å². The maximum absolute atomic E-state index is 10.2. The zero-order valence-corrected chi connectivity index (χ0v) is 13.7. The van der Waals surface area contributed by atoms with Gasteiger partial charge < -0.3 is 5.11 Å². The van der Waals surface area contributed by atoms with Crippen molar-refractivity contribution in [2.75, 3.05) is 5.75 Å². The summed E-state index contributed by atoms with van der Waals surface area (Å²) in [4.78, 5) is 1.08. The van der Waals surface area contributed by atoms with Crippen molar-refractivity contribution in [2.24, 2.45) is 0 Å². The Labute approximate surface area is 135 Å². The van der Waals surface area contributed by atoms with Gasteiger partial charge in [0.15, 0.2) is 0 Å². The van der Waals surface area contributed by atoms with E-state index in [1.54, 1.807) is 30.0 Å². The Balaban J connectivity index is 2.07. The topological polar surface area (TPSA) is 20.2 Å². The third-order valence-corrected chi connectivity index (χ3v) is 5.23. The van der Waals surface area contributed by atoms with Crippen LogP contribution < -0.4 is 0 Å². The average Bonchev–Trinajstić information content (AvgIpc) is 2.40. The molecule has 19 heavy (non-hydrogen) atoms. The summed E-state index contributed by atoms with van der Waals surface area (Å²) >= 11 is 17.0. The second kappa shape index (κ2) is 7.00. The Hall–Kier alpha value is -0.190. The minimum atomic E-state index is -0.650. The number of halogens is 3. The predicted molar refractivity (Wildman–Crippen MR) is 86.3 cm³/mol. The molecule has 0 radical (unpaired) electrons. The van der Waals surface area contributed by atoms with E-state index in [9.17, 15) is 5.11 Å². The molecule has 1 atom stereocenters. The van der Waals surface area contributed by atoms with Crippen LogP contribution in [0, 0.1) is 0 Å². The van der Waals surface area contributed by atoms with Gasteiger partial charge in [0.2, 0.25) is 0 Å². The molecule has 0 heterocycles. The maximum atomic E-state index is 10.2. The van der Waals surface area contributed by atoms with Gasteiger partial charge in [-0.15, -0.1) is 11.8 Å². The van der Waals surface area contributed by atoms with E-state index < -0.39 is 6.10 Å². The molecule has 0 amide bonds. The third kappa shape index (κ3) is 4.14. The fourth-order valence-corrected chi connectivity index (χ4v) is 3.54. The Bertz CT molecular complexity index is 577. The number of benzene rings is 2. The van der Waals surface area contributed by atoms with Crippen molar-refractivity contribution >= 4 is 50.9 Å². The van der Waals surface area contributed by atoms with Crippen LogP contribution in [0.2, 0.25) is 10.0 Å². The van der Waals surface area contributed by atoms with Gasteiger partial charge in [-0.2, -0.15) is 0 Å². The molecule has 1 unspecified atom stereocenters. The van der Waals surface area contributed by atoms with Gasteiger partial charge in [-0.3, -0.25) is 0 Å². The normalized spacial score (nSPS) is 12.4. The Kier molecular flexibility index (Phi) is 5.60. The molecule has 2 aromatic rings. The molecule has 0 aromatic heterocycles. The van der Waals surface area contributed by atoms with Crippen LogP contribution in [-0.2, 0) is 0 Å². The van der Waals surface area contributed by atoms with Crippen LogP contribution in [0.4, 0.5) is 0 Å². The lowest BCUT2D eigenvalue weighted by atomic mass is 10.1. The number of aliphatic hydroxyl groups is 1. The average molecular weight is 378 g/mol. The highest BCUT2D eigenvalue weighted by molar-refractivity contribution is 9.10. The van der Waals surface area contributed by atoms with Crippen LogP contribution in [0.5, 0.6) is 0 Å². The highest BCUT2D eigenvalue weighted by Gasteiger charge is 2.13. The lowest BCUT2D eigenvalue weighted by Crippen LogP contribution is -2.01. The molecule has 0 aliphatic rings. The zero-order valence-electron chi connectivity index (χ0n) is 9.82. The lowest BCUT2D eigenvalue weighted by Gasteiger charge is -2.13. The molecule has 0 bridgehead atoms. The quantitative estimate of drug-likeness (QED) is 0.701. The Morgan fingerprint density at radius 3 is 2.63 bits per heavy atom. The van der Waals surface area contributed by atoms with Crippen molar-refractivity contribution in [3.05, 3.63) is 62.5 Å². The lowest BCUT2D eigenvalue weighted by molar-refractivity contribution is 0.204. The molecule has 1 nitrogen and oxygen atoms in total. The summed E-state index contributed by atoms with van der Waals surface area (Å²) in [5, 5.41) is 11.3. The molecule has 0 saturated carbocycles. The standard InChI is InChI=1S/C14H11BrCl2OS/c15-11-3-1-2-4-14(11)19-8-13(18)10-7-9(16)5-6-12(10)17/h1-7,13,18H,8H2. The summed E-state index contributed by atoms with van der Waals surface area (Å²) in [6.07, 6.45) is -0.650. The minimum absolute atomic E-state index is 0.517. The first-order valence-electron chi connectivity index (χ1n) is 5.58. The fraction of sp³-hybridized carbons (Fsp3) is 0.143. The van der Waals surface area contributed by atoms with Crippen molar-refractivity contribution in [1.82, 2.24) is 0 Å². The van der Waals surface area contributed by atoms with Crippen LogP contribution >= 0.6 is 50.9 Å². The van der Waals surface area contributed by atoms with Crippen molar-refractivity contribution in [3.8, 4) is 0 Å². The molecule has 0 aliphatic carbocycles. The van der Waals surface area contributed by atoms with E-state index in [-0.39, 0.29) is 0 Å². The second-order valence-electron chi connectivity index (χ2n) is 3.92. The smallest absolute Gasteiger partial charge is 0.0898 e. The number of hydrogen-bond acceptors (Lipinski definition) is 2. The summed E-state index contributed by atoms with van der Waals surface area (Å²) in [7, 11) is 0. The number of rotatable bonds is 4.